The molecule has 0 N–H and O–H groups in total. The third-order valence-electron chi connectivity index (χ3n) is 3.81. The molecule has 1 heterocycles. The molecular weight excluding hydrogens is 269 g/mol. The van der Waals surface area contributed by atoms with E-state index in [4.69, 9.17) is 0 Å². The largest absolute Gasteiger partial charge is 0.300 e. The summed E-state index contributed by atoms with van der Waals surface area (Å²) >= 11 is 0. The molecule has 3 nitrogen and oxygen atoms in total. The zero-order chi connectivity index (χ0) is 15.1. The van der Waals surface area contributed by atoms with Crippen LogP contribution < -0.4 is 4.90 Å². The molecule has 0 spiro atoms. The van der Waals surface area contributed by atoms with Gasteiger partial charge in [-0.3, -0.25) is 9.59 Å². The van der Waals surface area contributed by atoms with Gasteiger partial charge in [0, 0.05) is 0 Å². The topological polar surface area (TPSA) is 37.4 Å². The highest BCUT2D eigenvalue weighted by Crippen LogP contribution is 2.34. The number of benzene rings is 2. The van der Waals surface area contributed by atoms with Gasteiger partial charge in [0.25, 0.3) is 11.7 Å². The molecule has 0 aliphatic carbocycles. The van der Waals surface area contributed by atoms with Crippen molar-refractivity contribution in [2.24, 2.45) is 0 Å². The van der Waals surface area contributed by atoms with Crippen LogP contribution >= 0.6 is 0 Å². The van der Waals surface area contributed by atoms with Crippen molar-refractivity contribution in [1.29, 1.82) is 0 Å². The zero-order valence-electron chi connectivity index (χ0n) is 11.8. The van der Waals surface area contributed by atoms with Gasteiger partial charge in [0.15, 0.2) is 0 Å². The summed E-state index contributed by atoms with van der Waals surface area (Å²) in [5.74, 6) is -1.73. The van der Waals surface area contributed by atoms with Gasteiger partial charge in [0.05, 0.1) is 17.8 Å². The molecule has 106 valence electrons. The maximum Gasteiger partial charge on any atom is 0.299 e. The molecule has 0 atom stereocenters. The van der Waals surface area contributed by atoms with Crippen LogP contribution in [0.4, 0.5) is 10.1 Å². The van der Waals surface area contributed by atoms with Crippen molar-refractivity contribution in [3.63, 3.8) is 0 Å². The number of ketones is 1. The van der Waals surface area contributed by atoms with E-state index in [0.717, 1.165) is 17.2 Å². The lowest BCUT2D eigenvalue weighted by Gasteiger charge is -2.19. The van der Waals surface area contributed by atoms with Crippen LogP contribution in [0.3, 0.4) is 0 Å². The maximum atomic E-state index is 13.5. The molecule has 2 aromatic rings. The average Bonchev–Trinajstić information content (AvgIpc) is 2.67. The molecule has 0 fully saturated rings. The number of halogens is 1. The van der Waals surface area contributed by atoms with Crippen molar-refractivity contribution in [1.82, 2.24) is 0 Å². The summed E-state index contributed by atoms with van der Waals surface area (Å²) in [6.45, 7) is 3.98. The number of carbonyl (C=O) groups is 2. The van der Waals surface area contributed by atoms with Crippen molar-refractivity contribution in [2.45, 2.75) is 20.4 Å². The summed E-state index contributed by atoms with van der Waals surface area (Å²) in [5.41, 5.74) is 3.29. The van der Waals surface area contributed by atoms with Crippen molar-refractivity contribution in [3.8, 4) is 0 Å². The van der Waals surface area contributed by atoms with E-state index in [-0.39, 0.29) is 5.56 Å². The fraction of sp³-hybridized carbons (Fsp3) is 0.176. The summed E-state index contributed by atoms with van der Waals surface area (Å²) in [4.78, 5) is 25.7. The summed E-state index contributed by atoms with van der Waals surface area (Å²) < 4.78 is 13.5. The summed E-state index contributed by atoms with van der Waals surface area (Å²) in [6, 6.07) is 10.2. The lowest BCUT2D eigenvalue weighted by molar-refractivity contribution is -0.114. The predicted octanol–water partition coefficient (Wildman–Crippen LogP) is 3.17. The van der Waals surface area contributed by atoms with Crippen LogP contribution in [-0.4, -0.2) is 11.7 Å². The molecular formula is C17H14FNO2. The highest BCUT2D eigenvalue weighted by atomic mass is 19.1. The molecule has 0 saturated heterocycles. The summed E-state index contributed by atoms with van der Waals surface area (Å²) in [6.07, 6.45) is 0. The SMILES string of the molecule is Cc1ccccc1CN1C(=O)C(=O)c2cc(F)cc(C)c21. The Morgan fingerprint density at radius 3 is 2.48 bits per heavy atom. The number of rotatable bonds is 2. The van der Waals surface area contributed by atoms with Crippen molar-refractivity contribution < 1.29 is 14.0 Å². The number of hydrogen-bond donors (Lipinski definition) is 0. The normalized spacial score (nSPS) is 13.8. The molecule has 1 aliphatic rings. The standard InChI is InChI=1S/C17H14FNO2/c1-10-5-3-4-6-12(10)9-19-15-11(2)7-13(18)8-14(15)16(20)17(19)21/h3-8H,9H2,1-2H3. The first-order chi connectivity index (χ1) is 9.99. The number of aryl methyl sites for hydroxylation is 2. The summed E-state index contributed by atoms with van der Waals surface area (Å²) in [5, 5.41) is 0. The number of carbonyl (C=O) groups excluding carboxylic acids is 2. The quantitative estimate of drug-likeness (QED) is 0.794. The Morgan fingerprint density at radius 1 is 1.05 bits per heavy atom. The van der Waals surface area contributed by atoms with Gasteiger partial charge in [-0.05, 0) is 42.7 Å². The third-order valence-corrected chi connectivity index (χ3v) is 3.81. The van der Waals surface area contributed by atoms with Gasteiger partial charge in [-0.15, -0.1) is 0 Å². The van der Waals surface area contributed by atoms with Crippen LogP contribution in [0.1, 0.15) is 27.0 Å². The van der Waals surface area contributed by atoms with Gasteiger partial charge in [0.2, 0.25) is 0 Å². The minimum atomic E-state index is -0.638. The lowest BCUT2D eigenvalue weighted by atomic mass is 10.1. The maximum absolute atomic E-state index is 13.5. The smallest absolute Gasteiger partial charge is 0.299 e. The minimum absolute atomic E-state index is 0.158. The lowest BCUT2D eigenvalue weighted by Crippen LogP contribution is -2.29. The van der Waals surface area contributed by atoms with E-state index >= 15 is 0 Å². The molecule has 4 heteroatoms. The Morgan fingerprint density at radius 2 is 1.76 bits per heavy atom. The van der Waals surface area contributed by atoms with Gasteiger partial charge >= 0.3 is 0 Å². The van der Waals surface area contributed by atoms with Gasteiger partial charge in [-0.1, -0.05) is 24.3 Å². The molecule has 21 heavy (non-hydrogen) atoms. The first-order valence-electron chi connectivity index (χ1n) is 6.70. The molecule has 3 rings (SSSR count). The average molecular weight is 283 g/mol. The Labute approximate surface area is 122 Å². The van der Waals surface area contributed by atoms with Gasteiger partial charge in [-0.2, -0.15) is 0 Å². The Bertz CT molecular complexity index is 767. The minimum Gasteiger partial charge on any atom is -0.300 e. The van der Waals surface area contributed by atoms with Crippen LogP contribution in [0, 0.1) is 19.7 Å². The molecule has 2 aromatic carbocycles. The highest BCUT2D eigenvalue weighted by molar-refractivity contribution is 6.52. The van der Waals surface area contributed by atoms with Crippen LogP contribution in [0.2, 0.25) is 0 Å². The van der Waals surface area contributed by atoms with E-state index in [1.54, 1.807) is 6.92 Å². The molecule has 0 bridgehead atoms. The number of amides is 1. The van der Waals surface area contributed by atoms with Crippen LogP contribution in [0.5, 0.6) is 0 Å². The number of nitrogens with zero attached hydrogens (tertiary/aromatic N) is 1. The monoisotopic (exact) mass is 283 g/mol. The predicted molar refractivity (Wildman–Crippen MR) is 77.8 cm³/mol. The second-order valence-electron chi connectivity index (χ2n) is 5.27. The number of anilines is 1. The molecule has 0 radical (unpaired) electrons. The van der Waals surface area contributed by atoms with Gasteiger partial charge in [-0.25, -0.2) is 4.39 Å². The first kappa shape index (κ1) is 13.5. The molecule has 1 aliphatic heterocycles. The van der Waals surface area contributed by atoms with Crippen LogP contribution in [0.25, 0.3) is 0 Å². The third kappa shape index (κ3) is 2.13. The Kier molecular flexibility index (Phi) is 3.09. The van der Waals surface area contributed by atoms with E-state index in [1.165, 1.54) is 11.0 Å². The van der Waals surface area contributed by atoms with Crippen LogP contribution in [0.15, 0.2) is 36.4 Å². The highest BCUT2D eigenvalue weighted by Gasteiger charge is 2.37. The Balaban J connectivity index is 2.08. The van der Waals surface area contributed by atoms with Crippen molar-refractivity contribution >= 4 is 17.4 Å². The summed E-state index contributed by atoms with van der Waals surface area (Å²) in [7, 11) is 0. The fourth-order valence-electron chi connectivity index (χ4n) is 2.71. The fourth-order valence-corrected chi connectivity index (χ4v) is 2.71. The van der Waals surface area contributed by atoms with Crippen LogP contribution in [-0.2, 0) is 11.3 Å². The number of hydrogen-bond acceptors (Lipinski definition) is 2. The molecule has 1 amide bonds. The van der Waals surface area contributed by atoms with Crippen molar-refractivity contribution in [2.75, 3.05) is 4.90 Å². The van der Waals surface area contributed by atoms with E-state index < -0.39 is 17.5 Å². The second-order valence-corrected chi connectivity index (χ2v) is 5.27. The van der Waals surface area contributed by atoms with Crippen molar-refractivity contribution in [3.05, 3.63) is 64.5 Å². The van der Waals surface area contributed by atoms with Gasteiger partial charge < -0.3 is 4.90 Å². The first-order valence-corrected chi connectivity index (χ1v) is 6.70. The van der Waals surface area contributed by atoms with E-state index in [9.17, 15) is 14.0 Å². The zero-order valence-corrected chi connectivity index (χ0v) is 11.8. The number of Topliss-reactive ketones (excluding diaryl/α,β-unsaturated/α-hetero) is 1. The van der Waals surface area contributed by atoms with Gasteiger partial charge in [0.1, 0.15) is 5.82 Å². The number of fused-ring (bicyclic) bond motifs is 1. The molecule has 0 unspecified atom stereocenters. The van der Waals surface area contributed by atoms with E-state index in [2.05, 4.69) is 0 Å². The van der Waals surface area contributed by atoms with E-state index in [1.807, 2.05) is 31.2 Å². The van der Waals surface area contributed by atoms with E-state index in [0.29, 0.717) is 17.8 Å². The second kappa shape index (κ2) is 4.81. The molecule has 0 aromatic heterocycles. The molecule has 0 saturated carbocycles. The Hall–Kier alpha value is -2.49.